The first-order valence-electron chi connectivity index (χ1n) is 5.74. The van der Waals surface area contributed by atoms with E-state index in [2.05, 4.69) is 18.7 Å². The van der Waals surface area contributed by atoms with Gasteiger partial charge in [0.05, 0.1) is 18.8 Å². The Balaban J connectivity index is 0.00000112. The van der Waals surface area contributed by atoms with Gasteiger partial charge in [0.2, 0.25) is 0 Å². The molecule has 2 atom stereocenters. The largest absolute Gasteiger partial charge is 0.375 e. The van der Waals surface area contributed by atoms with Crippen molar-refractivity contribution >= 4 is 0 Å². The zero-order valence-electron chi connectivity index (χ0n) is 9.24. The first-order chi connectivity index (χ1) is 6.77. The van der Waals surface area contributed by atoms with Crippen molar-refractivity contribution < 1.29 is 10.9 Å². The van der Waals surface area contributed by atoms with Gasteiger partial charge in [0.15, 0.2) is 0 Å². The van der Waals surface area contributed by atoms with Gasteiger partial charge in [-0.2, -0.15) is 0 Å². The molecular weight excluding hydrogens is 178 g/mol. The van der Waals surface area contributed by atoms with E-state index < -0.39 is 0 Å². The summed E-state index contributed by atoms with van der Waals surface area (Å²) in [6.07, 6.45) is 3.05. The lowest BCUT2D eigenvalue weighted by molar-refractivity contribution is -0.0999. The van der Waals surface area contributed by atoms with Crippen LogP contribution >= 0.6 is 0 Å². The van der Waals surface area contributed by atoms with Gasteiger partial charge in [0.25, 0.3) is 0 Å². The molecule has 0 aromatic carbocycles. The lowest BCUT2D eigenvalue weighted by atomic mass is 10.1. The molecule has 0 saturated carbocycles. The Labute approximate surface area is 87.8 Å². The fourth-order valence-electron chi connectivity index (χ4n) is 2.29. The second-order valence-electron chi connectivity index (χ2n) is 4.55. The maximum absolute atomic E-state index is 5.78. The van der Waals surface area contributed by atoms with Crippen molar-refractivity contribution in [1.29, 1.82) is 0 Å². The second-order valence-corrected chi connectivity index (χ2v) is 4.55. The van der Waals surface area contributed by atoms with Gasteiger partial charge < -0.3 is 9.47 Å². The quantitative estimate of drug-likeness (QED) is 0.676. The fraction of sp³-hybridized carbons (Fsp3) is 1.00. The third kappa shape index (κ3) is 2.27. The molecule has 2 rings (SSSR count). The summed E-state index contributed by atoms with van der Waals surface area (Å²) in [5, 5.41) is 0. The Morgan fingerprint density at radius 3 is 2.64 bits per heavy atom. The van der Waals surface area contributed by atoms with E-state index in [0.29, 0.717) is 18.2 Å². The van der Waals surface area contributed by atoms with Crippen molar-refractivity contribution in [1.82, 2.24) is 4.90 Å². The zero-order valence-corrected chi connectivity index (χ0v) is 9.24. The van der Waals surface area contributed by atoms with Crippen molar-refractivity contribution in [2.45, 2.75) is 44.9 Å². The van der Waals surface area contributed by atoms with Crippen LogP contribution in [0.4, 0.5) is 0 Å². The lowest BCUT2D eigenvalue weighted by Gasteiger charge is -2.37. The van der Waals surface area contributed by atoms with Gasteiger partial charge in [-0.15, -0.1) is 0 Å². The topological polar surface area (TPSA) is 21.7 Å². The minimum atomic E-state index is 0. The maximum atomic E-state index is 5.78. The molecule has 0 spiro atoms. The van der Waals surface area contributed by atoms with Crippen LogP contribution in [-0.4, -0.2) is 49.5 Å². The Morgan fingerprint density at radius 2 is 2.00 bits per heavy atom. The van der Waals surface area contributed by atoms with Crippen LogP contribution < -0.4 is 0 Å². The molecule has 0 bridgehead atoms. The average molecular weight is 201 g/mol. The van der Waals surface area contributed by atoms with E-state index in [4.69, 9.17) is 9.47 Å². The summed E-state index contributed by atoms with van der Waals surface area (Å²) >= 11 is 0. The van der Waals surface area contributed by atoms with E-state index in [1.54, 1.807) is 0 Å². The van der Waals surface area contributed by atoms with Gasteiger partial charge in [-0.1, -0.05) is 0 Å². The van der Waals surface area contributed by atoms with E-state index in [1.165, 1.54) is 12.8 Å². The Morgan fingerprint density at radius 1 is 1.21 bits per heavy atom. The number of rotatable bonds is 2. The van der Waals surface area contributed by atoms with Gasteiger partial charge >= 0.3 is 0 Å². The fourth-order valence-corrected chi connectivity index (χ4v) is 2.29. The normalized spacial score (nSPS) is 35.4. The molecule has 0 aromatic heterocycles. The molecule has 2 heterocycles. The van der Waals surface area contributed by atoms with Crippen LogP contribution in [0.1, 0.15) is 28.1 Å². The highest BCUT2D eigenvalue weighted by Gasteiger charge is 2.31. The van der Waals surface area contributed by atoms with Crippen molar-refractivity contribution in [3.05, 3.63) is 0 Å². The summed E-state index contributed by atoms with van der Waals surface area (Å²) in [5.74, 6) is 0. The Kier molecular flexibility index (Phi) is 3.42. The molecule has 1 unspecified atom stereocenters. The van der Waals surface area contributed by atoms with Crippen LogP contribution in [0.2, 0.25) is 0 Å². The first kappa shape index (κ1) is 10.4. The SMILES string of the molecule is CC(C)N1CCOC([C@@H]2CCCO2)C1.[HH]. The third-order valence-corrected chi connectivity index (χ3v) is 3.23. The van der Waals surface area contributed by atoms with Gasteiger partial charge in [0, 0.05) is 27.2 Å². The van der Waals surface area contributed by atoms with Crippen molar-refractivity contribution in [3.8, 4) is 0 Å². The van der Waals surface area contributed by atoms with E-state index in [-0.39, 0.29) is 1.43 Å². The predicted octanol–water partition coefficient (Wildman–Crippen LogP) is 1.52. The maximum Gasteiger partial charge on any atom is 0.0963 e. The highest BCUT2D eigenvalue weighted by molar-refractivity contribution is 4.82. The van der Waals surface area contributed by atoms with Gasteiger partial charge in [-0.3, -0.25) is 4.90 Å². The van der Waals surface area contributed by atoms with Crippen LogP contribution in [0.25, 0.3) is 0 Å². The summed E-state index contributed by atoms with van der Waals surface area (Å²) < 4.78 is 11.4. The molecule has 2 fully saturated rings. The molecule has 0 N–H and O–H groups in total. The molecule has 2 saturated heterocycles. The van der Waals surface area contributed by atoms with Gasteiger partial charge in [-0.25, -0.2) is 0 Å². The van der Waals surface area contributed by atoms with E-state index in [0.717, 1.165) is 26.3 Å². The highest BCUT2D eigenvalue weighted by atomic mass is 16.5. The summed E-state index contributed by atoms with van der Waals surface area (Å²) in [7, 11) is 0. The van der Waals surface area contributed by atoms with E-state index in [9.17, 15) is 0 Å². The molecule has 3 heteroatoms. The number of hydrogen-bond donors (Lipinski definition) is 0. The molecule has 14 heavy (non-hydrogen) atoms. The van der Waals surface area contributed by atoms with Crippen molar-refractivity contribution in [2.24, 2.45) is 0 Å². The van der Waals surface area contributed by atoms with Crippen LogP contribution in [0.5, 0.6) is 0 Å². The monoisotopic (exact) mass is 201 g/mol. The molecule has 2 aliphatic heterocycles. The molecule has 84 valence electrons. The minimum Gasteiger partial charge on any atom is -0.375 e. The average Bonchev–Trinajstić information content (AvgIpc) is 2.71. The molecule has 0 radical (unpaired) electrons. The molecule has 0 aromatic rings. The van der Waals surface area contributed by atoms with Crippen molar-refractivity contribution in [2.75, 3.05) is 26.3 Å². The Hall–Kier alpha value is -0.120. The lowest BCUT2D eigenvalue weighted by Crippen LogP contribution is -2.49. The second kappa shape index (κ2) is 4.60. The predicted molar refractivity (Wildman–Crippen MR) is 57.5 cm³/mol. The molecule has 0 aliphatic carbocycles. The number of hydrogen-bond acceptors (Lipinski definition) is 3. The number of nitrogens with zero attached hydrogens (tertiary/aromatic N) is 1. The summed E-state index contributed by atoms with van der Waals surface area (Å²) in [6, 6.07) is 0.628. The first-order valence-corrected chi connectivity index (χ1v) is 5.74. The number of morpholine rings is 1. The summed E-state index contributed by atoms with van der Waals surface area (Å²) in [5.41, 5.74) is 0. The minimum absolute atomic E-state index is 0. The zero-order chi connectivity index (χ0) is 9.97. The summed E-state index contributed by atoms with van der Waals surface area (Å²) in [4.78, 5) is 2.48. The van der Waals surface area contributed by atoms with E-state index >= 15 is 0 Å². The third-order valence-electron chi connectivity index (χ3n) is 3.23. The van der Waals surface area contributed by atoms with Gasteiger partial charge in [0.1, 0.15) is 0 Å². The highest BCUT2D eigenvalue weighted by Crippen LogP contribution is 2.21. The molecule has 3 nitrogen and oxygen atoms in total. The van der Waals surface area contributed by atoms with E-state index in [1.807, 2.05) is 0 Å². The summed E-state index contributed by atoms with van der Waals surface area (Å²) in [6.45, 7) is 8.40. The standard InChI is InChI=1S/C11H21NO2.H2/c1-9(2)12-5-7-14-11(8-12)10-4-3-6-13-10;/h9-11H,3-8H2,1-2H3;1H/t10-,11?;/m0./s1. The molecule has 2 aliphatic rings. The molecular formula is C11H23NO2. The van der Waals surface area contributed by atoms with Crippen LogP contribution in [0.15, 0.2) is 0 Å². The molecule has 0 amide bonds. The van der Waals surface area contributed by atoms with Crippen LogP contribution in [0.3, 0.4) is 0 Å². The van der Waals surface area contributed by atoms with Crippen LogP contribution in [0, 0.1) is 0 Å². The van der Waals surface area contributed by atoms with Crippen molar-refractivity contribution in [3.63, 3.8) is 0 Å². The smallest absolute Gasteiger partial charge is 0.0963 e. The number of ether oxygens (including phenoxy) is 2. The Bertz CT molecular complexity index is 183. The van der Waals surface area contributed by atoms with Crippen LogP contribution in [-0.2, 0) is 9.47 Å². The van der Waals surface area contributed by atoms with Gasteiger partial charge in [-0.05, 0) is 26.7 Å².